The molecule has 0 atom stereocenters. The first-order valence-electron chi connectivity index (χ1n) is 8.25. The molecule has 6 nitrogen and oxygen atoms in total. The molecule has 0 spiro atoms. The Morgan fingerprint density at radius 2 is 1.88 bits per heavy atom. The molecule has 136 valence electrons. The summed E-state index contributed by atoms with van der Waals surface area (Å²) >= 11 is 0. The first-order chi connectivity index (χ1) is 11.8. The number of carbonyl (C=O) groups excluding carboxylic acids is 1. The minimum absolute atomic E-state index is 0.0433. The van der Waals surface area contributed by atoms with Crippen molar-refractivity contribution in [3.63, 3.8) is 0 Å². The number of alkyl halides is 3. The van der Waals surface area contributed by atoms with Gasteiger partial charge in [0, 0.05) is 17.0 Å². The number of hydrogen-bond donors (Lipinski definition) is 0. The zero-order valence-electron chi connectivity index (χ0n) is 14.1. The van der Waals surface area contributed by atoms with E-state index in [0.29, 0.717) is 17.0 Å². The van der Waals surface area contributed by atoms with Crippen molar-refractivity contribution in [2.24, 2.45) is 0 Å². The number of esters is 1. The third-order valence-electron chi connectivity index (χ3n) is 4.47. The Balaban J connectivity index is 1.84. The van der Waals surface area contributed by atoms with Crippen LogP contribution in [0.3, 0.4) is 0 Å². The maximum atomic E-state index is 12.8. The van der Waals surface area contributed by atoms with E-state index < -0.39 is 18.0 Å². The van der Waals surface area contributed by atoms with Gasteiger partial charge < -0.3 is 4.74 Å². The summed E-state index contributed by atoms with van der Waals surface area (Å²) in [6, 6.07) is 0. The molecule has 0 aromatic carbocycles. The molecule has 0 N–H and O–H groups in total. The van der Waals surface area contributed by atoms with Crippen molar-refractivity contribution in [1.29, 1.82) is 0 Å². The quantitative estimate of drug-likeness (QED) is 0.790. The number of ether oxygens (including phenoxy) is 1. The van der Waals surface area contributed by atoms with Crippen molar-refractivity contribution in [3.05, 3.63) is 22.8 Å². The predicted octanol–water partition coefficient (Wildman–Crippen LogP) is 3.18. The number of aryl methyl sites for hydroxylation is 2. The molecule has 2 aromatic heterocycles. The molecule has 25 heavy (non-hydrogen) atoms. The molecular weight excluding hydrogens is 337 g/mol. The number of rotatable bonds is 3. The van der Waals surface area contributed by atoms with E-state index in [-0.39, 0.29) is 18.3 Å². The molecule has 0 radical (unpaired) electrons. The van der Waals surface area contributed by atoms with Crippen LogP contribution in [0.2, 0.25) is 0 Å². The molecule has 3 rings (SSSR count). The maximum Gasteiger partial charge on any atom is 0.453 e. The van der Waals surface area contributed by atoms with Crippen molar-refractivity contribution >= 4 is 11.7 Å². The van der Waals surface area contributed by atoms with E-state index >= 15 is 0 Å². The van der Waals surface area contributed by atoms with E-state index in [1.807, 2.05) is 0 Å². The van der Waals surface area contributed by atoms with E-state index in [4.69, 9.17) is 4.74 Å². The highest BCUT2D eigenvalue weighted by Gasteiger charge is 2.37. The first kappa shape index (κ1) is 17.6. The second kappa shape index (κ2) is 6.61. The molecule has 0 bridgehead atoms. The Kier molecular flexibility index (Phi) is 4.66. The Labute approximate surface area is 142 Å². The second-order valence-corrected chi connectivity index (χ2v) is 6.33. The molecule has 2 aromatic rings. The van der Waals surface area contributed by atoms with Crippen LogP contribution in [0, 0.1) is 13.8 Å². The fraction of sp³-hybridized carbons (Fsp3) is 0.625. The van der Waals surface area contributed by atoms with Crippen LogP contribution < -0.4 is 0 Å². The topological polar surface area (TPSA) is 69.4 Å². The highest BCUT2D eigenvalue weighted by molar-refractivity contribution is 5.73. The Morgan fingerprint density at radius 3 is 2.52 bits per heavy atom. The van der Waals surface area contributed by atoms with Gasteiger partial charge in [-0.05, 0) is 39.5 Å². The summed E-state index contributed by atoms with van der Waals surface area (Å²) in [6.07, 6.45) is 0.207. The summed E-state index contributed by atoms with van der Waals surface area (Å²) in [7, 11) is 0. The highest BCUT2D eigenvalue weighted by atomic mass is 19.4. The zero-order valence-corrected chi connectivity index (χ0v) is 14.1. The molecule has 0 unspecified atom stereocenters. The first-order valence-corrected chi connectivity index (χ1v) is 8.25. The standard InChI is InChI=1S/C16H19F3N4O2/c1-9-12(8-13(24)25-11-6-4-3-5-7-11)10(2)23-15(20-9)21-14(22-23)16(17,18)19/h11H,3-8H2,1-2H3. The van der Waals surface area contributed by atoms with E-state index in [1.165, 1.54) is 0 Å². The van der Waals surface area contributed by atoms with Crippen LogP contribution in [0.1, 0.15) is 54.9 Å². The van der Waals surface area contributed by atoms with Gasteiger partial charge in [0.25, 0.3) is 11.6 Å². The van der Waals surface area contributed by atoms with Crippen LogP contribution in [0.4, 0.5) is 13.2 Å². The summed E-state index contributed by atoms with van der Waals surface area (Å²) < 4.78 is 44.9. The lowest BCUT2D eigenvalue weighted by molar-refractivity contribution is -0.149. The second-order valence-electron chi connectivity index (χ2n) is 6.33. The van der Waals surface area contributed by atoms with Gasteiger partial charge in [-0.1, -0.05) is 6.42 Å². The predicted molar refractivity (Wildman–Crippen MR) is 81.9 cm³/mol. The van der Waals surface area contributed by atoms with Gasteiger partial charge in [-0.15, -0.1) is 5.10 Å². The van der Waals surface area contributed by atoms with Crippen LogP contribution in [-0.2, 0) is 22.1 Å². The molecule has 1 saturated carbocycles. The molecule has 0 aliphatic heterocycles. The fourth-order valence-electron chi connectivity index (χ4n) is 3.14. The van der Waals surface area contributed by atoms with E-state index in [1.54, 1.807) is 13.8 Å². The van der Waals surface area contributed by atoms with E-state index in [9.17, 15) is 18.0 Å². The van der Waals surface area contributed by atoms with Crippen LogP contribution in [-0.4, -0.2) is 31.7 Å². The number of hydrogen-bond acceptors (Lipinski definition) is 5. The molecule has 0 amide bonds. The number of carbonyl (C=O) groups is 1. The molecule has 1 aliphatic carbocycles. The van der Waals surface area contributed by atoms with Gasteiger partial charge in [-0.3, -0.25) is 4.79 Å². The van der Waals surface area contributed by atoms with Crippen LogP contribution >= 0.6 is 0 Å². The monoisotopic (exact) mass is 356 g/mol. The van der Waals surface area contributed by atoms with Crippen LogP contribution in [0.5, 0.6) is 0 Å². The molecule has 2 heterocycles. The average Bonchev–Trinajstić information content (AvgIpc) is 2.97. The normalized spacial score (nSPS) is 16.4. The van der Waals surface area contributed by atoms with E-state index in [2.05, 4.69) is 15.1 Å². The smallest absolute Gasteiger partial charge is 0.453 e. The summed E-state index contributed by atoms with van der Waals surface area (Å²) in [5.41, 5.74) is 1.38. The van der Waals surface area contributed by atoms with Crippen molar-refractivity contribution in [1.82, 2.24) is 19.6 Å². The summed E-state index contributed by atoms with van der Waals surface area (Å²) in [5, 5.41) is 3.47. The Bertz CT molecular complexity index is 795. The Hall–Kier alpha value is -2.19. The van der Waals surface area contributed by atoms with Crippen molar-refractivity contribution in [2.75, 3.05) is 0 Å². The van der Waals surface area contributed by atoms with Crippen molar-refractivity contribution in [3.8, 4) is 0 Å². The van der Waals surface area contributed by atoms with Crippen molar-refractivity contribution in [2.45, 2.75) is 64.7 Å². The lowest BCUT2D eigenvalue weighted by Crippen LogP contribution is -2.23. The molecular formula is C16H19F3N4O2. The van der Waals surface area contributed by atoms with Gasteiger partial charge in [-0.2, -0.15) is 18.2 Å². The lowest BCUT2D eigenvalue weighted by atomic mass is 9.98. The minimum Gasteiger partial charge on any atom is -0.462 e. The van der Waals surface area contributed by atoms with Gasteiger partial charge in [0.05, 0.1) is 6.42 Å². The zero-order chi connectivity index (χ0) is 18.2. The number of halogens is 3. The molecule has 1 fully saturated rings. The molecule has 1 aliphatic rings. The van der Waals surface area contributed by atoms with Gasteiger partial charge in [0.2, 0.25) is 0 Å². The van der Waals surface area contributed by atoms with Gasteiger partial charge in [0.15, 0.2) is 0 Å². The summed E-state index contributed by atoms with van der Waals surface area (Å²) in [6.45, 7) is 3.23. The van der Waals surface area contributed by atoms with E-state index in [0.717, 1.165) is 36.6 Å². The number of fused-ring (bicyclic) bond motifs is 1. The van der Waals surface area contributed by atoms with Crippen LogP contribution in [0.15, 0.2) is 0 Å². The highest BCUT2D eigenvalue weighted by Crippen LogP contribution is 2.27. The number of aromatic nitrogens is 4. The fourth-order valence-corrected chi connectivity index (χ4v) is 3.14. The third kappa shape index (κ3) is 3.74. The number of nitrogens with zero attached hydrogens (tertiary/aromatic N) is 4. The molecule has 0 saturated heterocycles. The summed E-state index contributed by atoms with van der Waals surface area (Å²) in [4.78, 5) is 19.7. The van der Waals surface area contributed by atoms with Crippen LogP contribution in [0.25, 0.3) is 5.78 Å². The maximum absolute atomic E-state index is 12.8. The van der Waals surface area contributed by atoms with Gasteiger partial charge >= 0.3 is 12.1 Å². The minimum atomic E-state index is -4.64. The van der Waals surface area contributed by atoms with Gasteiger partial charge in [-0.25, -0.2) is 9.50 Å². The lowest BCUT2D eigenvalue weighted by Gasteiger charge is -2.22. The average molecular weight is 356 g/mol. The Morgan fingerprint density at radius 1 is 1.20 bits per heavy atom. The molecule has 9 heteroatoms. The summed E-state index contributed by atoms with van der Waals surface area (Å²) in [5.74, 6) is -1.77. The van der Waals surface area contributed by atoms with Gasteiger partial charge in [0.1, 0.15) is 6.10 Å². The van der Waals surface area contributed by atoms with Crippen molar-refractivity contribution < 1.29 is 22.7 Å². The largest absolute Gasteiger partial charge is 0.462 e. The SMILES string of the molecule is Cc1nc2nc(C(F)(F)F)nn2c(C)c1CC(=O)OC1CCCCC1. The third-order valence-corrected chi connectivity index (χ3v) is 4.47.